The predicted octanol–water partition coefficient (Wildman–Crippen LogP) is 7.01. The number of benzene rings is 3. The van der Waals surface area contributed by atoms with Gasteiger partial charge in [-0.05, 0) is 56.0 Å². The molecule has 0 saturated carbocycles. The lowest BCUT2D eigenvalue weighted by molar-refractivity contribution is 0.102. The van der Waals surface area contributed by atoms with Crippen molar-refractivity contribution in [3.63, 3.8) is 0 Å². The van der Waals surface area contributed by atoms with Crippen LogP contribution in [0.1, 0.15) is 57.5 Å². The summed E-state index contributed by atoms with van der Waals surface area (Å²) in [7, 11) is 0. The summed E-state index contributed by atoms with van der Waals surface area (Å²) >= 11 is 0. The van der Waals surface area contributed by atoms with Crippen molar-refractivity contribution >= 4 is 22.5 Å². The Morgan fingerprint density at radius 2 is 1.47 bits per heavy atom. The highest BCUT2D eigenvalue weighted by Gasteiger charge is 2.23. The third kappa shape index (κ3) is 4.18. The Labute approximate surface area is 190 Å². The highest BCUT2D eigenvalue weighted by atomic mass is 16.1. The molecule has 164 valence electrons. The van der Waals surface area contributed by atoms with Gasteiger partial charge in [0, 0.05) is 11.1 Å². The summed E-state index contributed by atoms with van der Waals surface area (Å²) in [5.74, 6) is -0.125. The third-order valence-corrected chi connectivity index (χ3v) is 5.65. The van der Waals surface area contributed by atoms with Gasteiger partial charge < -0.3 is 5.32 Å². The van der Waals surface area contributed by atoms with Crippen LogP contribution in [0.15, 0.2) is 72.8 Å². The molecule has 4 heteroatoms. The Morgan fingerprint density at radius 1 is 0.812 bits per heavy atom. The van der Waals surface area contributed by atoms with Crippen molar-refractivity contribution in [3.05, 3.63) is 83.9 Å². The molecule has 1 heterocycles. The molecule has 4 nitrogen and oxygen atoms in total. The maximum Gasteiger partial charge on any atom is 0.255 e. The van der Waals surface area contributed by atoms with Crippen LogP contribution in [0.3, 0.4) is 0 Å². The van der Waals surface area contributed by atoms with Crippen molar-refractivity contribution in [3.8, 4) is 11.3 Å². The van der Waals surface area contributed by atoms with E-state index in [0.29, 0.717) is 5.56 Å². The maximum atomic E-state index is 13.1. The minimum atomic E-state index is -0.198. The molecular formula is C28H31N3O. The largest absolute Gasteiger partial charge is 0.321 e. The zero-order valence-corrected chi connectivity index (χ0v) is 19.7. The van der Waals surface area contributed by atoms with Gasteiger partial charge in [-0.1, -0.05) is 69.3 Å². The maximum absolute atomic E-state index is 13.1. The topological polar surface area (TPSA) is 46.9 Å². The number of hydrogen-bond donors (Lipinski definition) is 1. The molecule has 0 spiro atoms. The van der Waals surface area contributed by atoms with Crippen LogP contribution in [0, 0.1) is 0 Å². The van der Waals surface area contributed by atoms with Crippen LogP contribution in [-0.4, -0.2) is 15.7 Å². The first kappa shape index (κ1) is 21.8. The van der Waals surface area contributed by atoms with Crippen molar-refractivity contribution in [1.82, 2.24) is 9.78 Å². The van der Waals surface area contributed by atoms with Crippen molar-refractivity contribution in [2.75, 3.05) is 5.32 Å². The number of nitrogens with one attached hydrogen (secondary N) is 1. The fourth-order valence-electron chi connectivity index (χ4n) is 3.90. The van der Waals surface area contributed by atoms with Gasteiger partial charge in [0.2, 0.25) is 0 Å². The number of carbonyl (C=O) groups excluding carboxylic acids is 1. The molecule has 0 aliphatic heterocycles. The standard InChI is InChI=1S/C28H31N3O/c1-27(2,3)21-17-15-20(16-18-21)26(32)29-22-13-10-14-23-24(22)25(19-11-8-7-9-12-19)30-31(23)28(4,5)6/h7-18H,1-6H3,(H,29,32). The van der Waals surface area contributed by atoms with Crippen molar-refractivity contribution in [2.45, 2.75) is 52.5 Å². The molecule has 4 rings (SSSR count). The van der Waals surface area contributed by atoms with E-state index in [-0.39, 0.29) is 16.9 Å². The molecule has 0 aliphatic carbocycles. The molecule has 0 atom stereocenters. The average molecular weight is 426 g/mol. The van der Waals surface area contributed by atoms with E-state index in [1.165, 1.54) is 5.56 Å². The summed E-state index contributed by atoms with van der Waals surface area (Å²) in [5, 5.41) is 9.07. The van der Waals surface area contributed by atoms with Gasteiger partial charge in [0.05, 0.1) is 22.1 Å². The highest BCUT2D eigenvalue weighted by Crippen LogP contribution is 2.36. The van der Waals surface area contributed by atoms with Gasteiger partial charge in [-0.3, -0.25) is 9.48 Å². The first-order valence-corrected chi connectivity index (χ1v) is 11.1. The van der Waals surface area contributed by atoms with E-state index in [1.54, 1.807) is 0 Å². The number of carbonyl (C=O) groups is 1. The number of anilines is 1. The molecule has 0 saturated heterocycles. The molecule has 0 fully saturated rings. The van der Waals surface area contributed by atoms with Crippen molar-refractivity contribution < 1.29 is 4.79 Å². The van der Waals surface area contributed by atoms with Gasteiger partial charge in [-0.2, -0.15) is 5.10 Å². The van der Waals surface area contributed by atoms with Crippen molar-refractivity contribution in [2.24, 2.45) is 0 Å². The summed E-state index contributed by atoms with van der Waals surface area (Å²) in [6, 6.07) is 24.0. The van der Waals surface area contributed by atoms with Crippen LogP contribution in [0.2, 0.25) is 0 Å². The van der Waals surface area contributed by atoms with E-state index in [1.807, 2.05) is 59.3 Å². The van der Waals surface area contributed by atoms with E-state index in [4.69, 9.17) is 5.10 Å². The second-order valence-electron chi connectivity index (χ2n) is 10.3. The fourth-order valence-corrected chi connectivity index (χ4v) is 3.90. The molecule has 0 unspecified atom stereocenters. The summed E-state index contributed by atoms with van der Waals surface area (Å²) in [6.45, 7) is 12.9. The number of hydrogen-bond acceptors (Lipinski definition) is 2. The van der Waals surface area contributed by atoms with Gasteiger partial charge in [0.25, 0.3) is 5.91 Å². The van der Waals surface area contributed by atoms with Crippen LogP contribution >= 0.6 is 0 Å². The van der Waals surface area contributed by atoms with Crippen LogP contribution in [0.25, 0.3) is 22.2 Å². The highest BCUT2D eigenvalue weighted by molar-refractivity contribution is 6.11. The zero-order chi connectivity index (χ0) is 23.1. The normalized spacial score (nSPS) is 12.2. The number of amides is 1. The van der Waals surface area contributed by atoms with E-state index in [0.717, 1.165) is 27.8 Å². The molecule has 0 bridgehead atoms. The number of aromatic nitrogens is 2. The minimum absolute atomic E-state index is 0.0483. The Morgan fingerprint density at radius 3 is 2.06 bits per heavy atom. The minimum Gasteiger partial charge on any atom is -0.321 e. The van der Waals surface area contributed by atoms with Crippen molar-refractivity contribution in [1.29, 1.82) is 0 Å². The number of nitrogens with zero attached hydrogens (tertiary/aromatic N) is 2. The van der Waals surface area contributed by atoms with Gasteiger partial charge >= 0.3 is 0 Å². The van der Waals surface area contributed by atoms with E-state index in [9.17, 15) is 4.79 Å². The summed E-state index contributed by atoms with van der Waals surface area (Å²) in [6.07, 6.45) is 0. The predicted molar refractivity (Wildman–Crippen MR) is 133 cm³/mol. The van der Waals surface area contributed by atoms with Crippen LogP contribution < -0.4 is 5.32 Å². The van der Waals surface area contributed by atoms with Crippen LogP contribution in [0.5, 0.6) is 0 Å². The Hall–Kier alpha value is -3.40. The smallest absolute Gasteiger partial charge is 0.255 e. The van der Waals surface area contributed by atoms with Crippen LogP contribution in [0.4, 0.5) is 5.69 Å². The second-order valence-corrected chi connectivity index (χ2v) is 10.3. The Balaban J connectivity index is 1.79. The lowest BCUT2D eigenvalue weighted by Crippen LogP contribution is -2.23. The van der Waals surface area contributed by atoms with Gasteiger partial charge in [0.1, 0.15) is 5.69 Å². The zero-order valence-electron chi connectivity index (χ0n) is 19.7. The molecule has 1 aromatic heterocycles. The molecule has 4 aromatic rings. The molecule has 0 aliphatic rings. The molecule has 32 heavy (non-hydrogen) atoms. The number of rotatable bonds is 3. The van der Waals surface area contributed by atoms with Gasteiger partial charge in [-0.15, -0.1) is 0 Å². The summed E-state index contributed by atoms with van der Waals surface area (Å²) < 4.78 is 2.04. The Kier molecular flexibility index (Phi) is 5.41. The molecular weight excluding hydrogens is 394 g/mol. The van der Waals surface area contributed by atoms with E-state index in [2.05, 4.69) is 65.1 Å². The molecule has 1 amide bonds. The Bertz CT molecular complexity index is 1250. The van der Waals surface area contributed by atoms with Gasteiger partial charge in [0.15, 0.2) is 0 Å². The van der Waals surface area contributed by atoms with E-state index >= 15 is 0 Å². The second kappa shape index (κ2) is 7.94. The lowest BCUT2D eigenvalue weighted by atomic mass is 9.86. The van der Waals surface area contributed by atoms with E-state index < -0.39 is 0 Å². The first-order valence-electron chi connectivity index (χ1n) is 11.1. The summed E-state index contributed by atoms with van der Waals surface area (Å²) in [4.78, 5) is 13.1. The molecule has 3 aromatic carbocycles. The lowest BCUT2D eigenvalue weighted by Gasteiger charge is -2.20. The number of fused-ring (bicyclic) bond motifs is 1. The van der Waals surface area contributed by atoms with Gasteiger partial charge in [-0.25, -0.2) is 0 Å². The fraction of sp³-hybridized carbons (Fsp3) is 0.286. The summed E-state index contributed by atoms with van der Waals surface area (Å²) in [5.41, 5.74) is 5.35. The van der Waals surface area contributed by atoms with Crippen LogP contribution in [-0.2, 0) is 11.0 Å². The quantitative estimate of drug-likeness (QED) is 0.384. The molecule has 0 radical (unpaired) electrons. The SMILES string of the molecule is CC(C)(C)c1ccc(C(=O)Nc2cccc3c2c(-c2ccccc2)nn3C(C)(C)C)cc1. The molecule has 1 N–H and O–H groups in total. The first-order chi connectivity index (χ1) is 15.1. The average Bonchev–Trinajstić information content (AvgIpc) is 3.15. The monoisotopic (exact) mass is 425 g/mol. The third-order valence-electron chi connectivity index (χ3n) is 5.65.